The summed E-state index contributed by atoms with van der Waals surface area (Å²) < 4.78 is 4.89. The van der Waals surface area contributed by atoms with Gasteiger partial charge in [0.2, 0.25) is 5.91 Å². The highest BCUT2D eigenvalue weighted by Gasteiger charge is 2.61. The summed E-state index contributed by atoms with van der Waals surface area (Å²) in [6, 6.07) is -1.01. The van der Waals surface area contributed by atoms with Gasteiger partial charge in [-0.15, -0.1) is 0 Å². The Bertz CT molecular complexity index is 569. The maximum Gasteiger partial charge on any atom is 0.311 e. The van der Waals surface area contributed by atoms with Crippen molar-refractivity contribution >= 4 is 17.8 Å². The molecule has 0 aromatic heterocycles. The molecule has 2 heterocycles. The highest BCUT2D eigenvalue weighted by Crippen LogP contribution is 2.48. The number of hydrogen-bond acceptors (Lipinski definition) is 5. The summed E-state index contributed by atoms with van der Waals surface area (Å²) in [6.07, 6.45) is 2.02. The van der Waals surface area contributed by atoms with Crippen LogP contribution in [0.15, 0.2) is 0 Å². The SMILES string of the molecule is COC(=O)[C@H]1[C@H](C(=O)O)[C@@H]2CC[C@H]1N2C(CC(C)C)C(=O)NC(C)(C)C. The van der Waals surface area contributed by atoms with Gasteiger partial charge in [-0.2, -0.15) is 0 Å². The number of aliphatic carboxylic acids is 1. The first kappa shape index (κ1) is 20.7. The number of carbonyl (C=O) groups excluding carboxylic acids is 2. The molecule has 2 aliphatic rings. The van der Waals surface area contributed by atoms with Gasteiger partial charge in [-0.1, -0.05) is 13.8 Å². The van der Waals surface area contributed by atoms with E-state index >= 15 is 0 Å². The predicted molar refractivity (Wildman–Crippen MR) is 96.4 cm³/mol. The average Bonchev–Trinajstić information content (AvgIpc) is 3.05. The molecular formula is C19H32N2O5. The van der Waals surface area contributed by atoms with Crippen LogP contribution in [0.4, 0.5) is 0 Å². The summed E-state index contributed by atoms with van der Waals surface area (Å²) in [5, 5.41) is 12.7. The maximum atomic E-state index is 13.0. The van der Waals surface area contributed by atoms with Gasteiger partial charge in [-0.05, 0) is 46.0 Å². The summed E-state index contributed by atoms with van der Waals surface area (Å²) in [4.78, 5) is 39.2. The molecule has 148 valence electrons. The van der Waals surface area contributed by atoms with Crippen LogP contribution < -0.4 is 5.32 Å². The van der Waals surface area contributed by atoms with Gasteiger partial charge in [0.25, 0.3) is 0 Å². The van der Waals surface area contributed by atoms with Crippen LogP contribution in [0.5, 0.6) is 0 Å². The smallest absolute Gasteiger partial charge is 0.311 e. The van der Waals surface area contributed by atoms with Gasteiger partial charge in [-0.3, -0.25) is 19.3 Å². The number of carboxylic acid groups (broad SMARTS) is 1. The number of ether oxygens (including phenoxy) is 1. The van der Waals surface area contributed by atoms with E-state index in [9.17, 15) is 19.5 Å². The van der Waals surface area contributed by atoms with E-state index in [0.717, 1.165) is 0 Å². The normalized spacial score (nSPS) is 29.7. The molecule has 1 amide bonds. The molecule has 0 radical (unpaired) electrons. The first-order chi connectivity index (χ1) is 12.0. The fourth-order valence-corrected chi connectivity index (χ4v) is 4.58. The van der Waals surface area contributed by atoms with Crippen molar-refractivity contribution in [3.8, 4) is 0 Å². The van der Waals surface area contributed by atoms with Crippen molar-refractivity contribution in [3.05, 3.63) is 0 Å². The number of amides is 1. The minimum atomic E-state index is -0.989. The molecule has 2 fully saturated rings. The molecule has 0 saturated carbocycles. The van der Waals surface area contributed by atoms with Gasteiger partial charge >= 0.3 is 11.9 Å². The van der Waals surface area contributed by atoms with Gasteiger partial charge < -0.3 is 15.2 Å². The number of methoxy groups -OCH3 is 1. The van der Waals surface area contributed by atoms with E-state index < -0.39 is 29.8 Å². The summed E-state index contributed by atoms with van der Waals surface area (Å²) >= 11 is 0. The van der Waals surface area contributed by atoms with Crippen molar-refractivity contribution in [2.45, 2.75) is 77.5 Å². The maximum absolute atomic E-state index is 13.0. The van der Waals surface area contributed by atoms with Crippen LogP contribution in [0, 0.1) is 17.8 Å². The Morgan fingerprint density at radius 2 is 1.69 bits per heavy atom. The molecule has 0 aromatic carbocycles. The number of carboxylic acids is 1. The second-order valence-corrected chi connectivity index (χ2v) is 8.96. The zero-order chi connectivity index (χ0) is 19.8. The Hall–Kier alpha value is -1.63. The highest BCUT2D eigenvalue weighted by atomic mass is 16.5. The van der Waals surface area contributed by atoms with Crippen molar-refractivity contribution in [1.82, 2.24) is 10.2 Å². The van der Waals surface area contributed by atoms with Gasteiger partial charge in [-0.25, -0.2) is 0 Å². The van der Waals surface area contributed by atoms with Crippen molar-refractivity contribution in [1.29, 1.82) is 0 Å². The Morgan fingerprint density at radius 3 is 2.12 bits per heavy atom. The molecule has 7 nitrogen and oxygen atoms in total. The molecule has 0 aromatic rings. The number of nitrogens with zero attached hydrogens (tertiary/aromatic N) is 1. The van der Waals surface area contributed by atoms with Crippen LogP contribution in [0.3, 0.4) is 0 Å². The third-order valence-electron chi connectivity index (χ3n) is 5.35. The molecular weight excluding hydrogens is 336 g/mol. The molecule has 2 aliphatic heterocycles. The Balaban J connectivity index is 2.37. The summed E-state index contributed by atoms with van der Waals surface area (Å²) in [5.74, 6) is -2.85. The molecule has 2 N–H and O–H groups in total. The molecule has 1 unspecified atom stereocenters. The molecule has 0 spiro atoms. The van der Waals surface area contributed by atoms with Crippen LogP contribution in [0.2, 0.25) is 0 Å². The first-order valence-corrected chi connectivity index (χ1v) is 9.38. The fourth-order valence-electron chi connectivity index (χ4n) is 4.58. The van der Waals surface area contributed by atoms with Gasteiger partial charge in [0, 0.05) is 17.6 Å². The topological polar surface area (TPSA) is 95.9 Å². The molecule has 2 bridgehead atoms. The zero-order valence-corrected chi connectivity index (χ0v) is 16.6. The van der Waals surface area contributed by atoms with Crippen LogP contribution in [-0.4, -0.2) is 58.6 Å². The van der Waals surface area contributed by atoms with E-state index in [2.05, 4.69) is 5.32 Å². The summed E-state index contributed by atoms with van der Waals surface area (Å²) in [6.45, 7) is 9.86. The van der Waals surface area contributed by atoms with Crippen LogP contribution in [0.25, 0.3) is 0 Å². The highest BCUT2D eigenvalue weighted by molar-refractivity contribution is 5.86. The minimum Gasteiger partial charge on any atom is -0.481 e. The number of hydrogen-bond donors (Lipinski definition) is 2. The van der Waals surface area contributed by atoms with E-state index in [1.54, 1.807) is 0 Å². The second-order valence-electron chi connectivity index (χ2n) is 8.96. The van der Waals surface area contributed by atoms with Crippen molar-refractivity contribution < 1.29 is 24.2 Å². The van der Waals surface area contributed by atoms with Gasteiger partial charge in [0.1, 0.15) is 0 Å². The van der Waals surface area contributed by atoms with Crippen LogP contribution in [-0.2, 0) is 19.1 Å². The monoisotopic (exact) mass is 368 g/mol. The number of rotatable bonds is 6. The predicted octanol–water partition coefficient (Wildman–Crippen LogP) is 1.65. The number of carbonyl (C=O) groups is 3. The summed E-state index contributed by atoms with van der Waals surface area (Å²) in [7, 11) is 1.29. The summed E-state index contributed by atoms with van der Waals surface area (Å²) in [5.41, 5.74) is -0.376. The lowest BCUT2D eigenvalue weighted by molar-refractivity contribution is -0.156. The van der Waals surface area contributed by atoms with E-state index in [4.69, 9.17) is 4.74 Å². The average molecular weight is 368 g/mol. The second kappa shape index (κ2) is 7.55. The number of nitrogens with one attached hydrogen (secondary N) is 1. The number of fused-ring (bicyclic) bond motifs is 2. The molecule has 5 atom stereocenters. The lowest BCUT2D eigenvalue weighted by atomic mass is 9.79. The Labute approximate surface area is 155 Å². The van der Waals surface area contributed by atoms with Crippen LogP contribution in [0.1, 0.15) is 53.9 Å². The van der Waals surface area contributed by atoms with E-state index in [1.165, 1.54) is 7.11 Å². The van der Waals surface area contributed by atoms with Crippen LogP contribution >= 0.6 is 0 Å². The molecule has 26 heavy (non-hydrogen) atoms. The number of esters is 1. The van der Waals surface area contributed by atoms with Crippen molar-refractivity contribution in [2.75, 3.05) is 7.11 Å². The Morgan fingerprint density at radius 1 is 1.15 bits per heavy atom. The van der Waals surface area contributed by atoms with Crippen molar-refractivity contribution in [2.24, 2.45) is 17.8 Å². The molecule has 7 heteroatoms. The van der Waals surface area contributed by atoms with Crippen molar-refractivity contribution in [3.63, 3.8) is 0 Å². The molecule has 2 rings (SSSR count). The Kier molecular flexibility index (Phi) is 6.00. The largest absolute Gasteiger partial charge is 0.481 e. The first-order valence-electron chi connectivity index (χ1n) is 9.38. The fraction of sp³-hybridized carbons (Fsp3) is 0.842. The zero-order valence-electron chi connectivity index (χ0n) is 16.6. The van der Waals surface area contributed by atoms with Gasteiger partial charge in [0.05, 0.1) is 25.0 Å². The third-order valence-corrected chi connectivity index (χ3v) is 5.35. The minimum absolute atomic E-state index is 0.0993. The standard InChI is InChI=1S/C19H32N2O5/c1-10(2)9-13(16(22)20-19(3,4)5)21-11-7-8-12(21)15(18(25)26-6)14(11)17(23)24/h10-15H,7-9H2,1-6H3,(H,20,22)(H,23,24)/t11-,12+,13?,14+,15+/m0/s1. The molecule has 2 saturated heterocycles. The lowest BCUT2D eigenvalue weighted by Crippen LogP contribution is -2.54. The van der Waals surface area contributed by atoms with E-state index in [0.29, 0.717) is 19.3 Å². The molecule has 0 aliphatic carbocycles. The lowest BCUT2D eigenvalue weighted by Gasteiger charge is -2.35. The van der Waals surface area contributed by atoms with E-state index in [1.807, 2.05) is 39.5 Å². The van der Waals surface area contributed by atoms with Gasteiger partial charge in [0.15, 0.2) is 0 Å². The quantitative estimate of drug-likeness (QED) is 0.692. The third kappa shape index (κ3) is 4.03. The van der Waals surface area contributed by atoms with E-state index in [-0.39, 0.29) is 29.4 Å².